The van der Waals surface area contributed by atoms with Gasteiger partial charge in [0.2, 0.25) is 5.95 Å². The van der Waals surface area contributed by atoms with Gasteiger partial charge in [0, 0.05) is 16.4 Å². The zero-order valence-corrected chi connectivity index (χ0v) is 21.2. The number of anilines is 2. The number of aromatic nitrogens is 3. The molecule has 0 fully saturated rings. The summed E-state index contributed by atoms with van der Waals surface area (Å²) in [5, 5.41) is 11.2. The third-order valence-electron chi connectivity index (χ3n) is 5.96. The highest BCUT2D eigenvalue weighted by molar-refractivity contribution is 6.30. The zero-order chi connectivity index (χ0) is 25.8. The van der Waals surface area contributed by atoms with E-state index in [4.69, 9.17) is 21.1 Å². The molecule has 1 aliphatic heterocycles. The summed E-state index contributed by atoms with van der Waals surface area (Å²) in [4.78, 5) is 17.9. The molecule has 4 aromatic rings. The maximum atomic E-state index is 13.6. The van der Waals surface area contributed by atoms with Crippen LogP contribution in [0.3, 0.4) is 0 Å². The van der Waals surface area contributed by atoms with E-state index in [2.05, 4.69) is 20.7 Å². The molecule has 0 saturated heterocycles. The fourth-order valence-corrected chi connectivity index (χ4v) is 4.37. The van der Waals surface area contributed by atoms with Gasteiger partial charge < -0.3 is 20.1 Å². The van der Waals surface area contributed by atoms with Crippen molar-refractivity contribution in [2.24, 2.45) is 0 Å². The van der Waals surface area contributed by atoms with Crippen LogP contribution < -0.4 is 20.1 Å². The third-order valence-corrected chi connectivity index (χ3v) is 6.21. The molecule has 0 saturated carbocycles. The summed E-state index contributed by atoms with van der Waals surface area (Å²) >= 11 is 6.00. The maximum Gasteiger partial charge on any atom is 0.255 e. The van der Waals surface area contributed by atoms with Crippen LogP contribution in [0.4, 0.5) is 11.6 Å². The first-order chi connectivity index (χ1) is 18.0. The lowest BCUT2D eigenvalue weighted by molar-refractivity contribution is -0.113. The number of hydrogen-bond donors (Lipinski definition) is 2. The minimum atomic E-state index is -0.534. The molecule has 37 heavy (non-hydrogen) atoms. The van der Waals surface area contributed by atoms with Crippen molar-refractivity contribution < 1.29 is 14.3 Å². The molecule has 5 rings (SSSR count). The molecule has 0 radical (unpaired) electrons. The molecule has 188 valence electrons. The highest BCUT2D eigenvalue weighted by Gasteiger charge is 2.34. The van der Waals surface area contributed by atoms with E-state index < -0.39 is 6.04 Å². The molecule has 0 aliphatic carbocycles. The first kappa shape index (κ1) is 24.4. The Bertz CT molecular complexity index is 1430. The second-order valence-corrected chi connectivity index (χ2v) is 8.91. The van der Waals surface area contributed by atoms with E-state index in [1.165, 1.54) is 6.33 Å². The summed E-state index contributed by atoms with van der Waals surface area (Å²) in [6.45, 7) is 4.64. The quantitative estimate of drug-likeness (QED) is 0.306. The molecule has 0 bridgehead atoms. The van der Waals surface area contributed by atoms with Crippen LogP contribution in [0.1, 0.15) is 31.0 Å². The van der Waals surface area contributed by atoms with Crippen molar-refractivity contribution in [2.75, 3.05) is 17.2 Å². The van der Waals surface area contributed by atoms with Crippen molar-refractivity contribution in [2.45, 2.75) is 26.5 Å². The topological polar surface area (TPSA) is 90.3 Å². The van der Waals surface area contributed by atoms with E-state index >= 15 is 0 Å². The van der Waals surface area contributed by atoms with Crippen LogP contribution in [-0.4, -0.2) is 27.3 Å². The first-order valence-corrected chi connectivity index (χ1v) is 12.3. The van der Waals surface area contributed by atoms with Gasteiger partial charge in [0.05, 0.1) is 12.2 Å². The summed E-state index contributed by atoms with van der Waals surface area (Å²) < 4.78 is 13.7. The van der Waals surface area contributed by atoms with Crippen LogP contribution in [0.2, 0.25) is 5.02 Å². The fourth-order valence-electron chi connectivity index (χ4n) is 4.24. The van der Waals surface area contributed by atoms with Crippen LogP contribution in [0.25, 0.3) is 0 Å². The van der Waals surface area contributed by atoms with Gasteiger partial charge in [0.15, 0.2) is 11.5 Å². The summed E-state index contributed by atoms with van der Waals surface area (Å²) in [6.07, 6.45) is 1.46. The van der Waals surface area contributed by atoms with Crippen LogP contribution in [0, 0.1) is 0 Å². The lowest BCUT2D eigenvalue weighted by Gasteiger charge is -2.29. The van der Waals surface area contributed by atoms with E-state index in [0.717, 1.165) is 11.1 Å². The number of nitrogens with zero attached hydrogens (tertiary/aromatic N) is 3. The lowest BCUT2D eigenvalue weighted by atomic mass is 9.94. The minimum absolute atomic E-state index is 0.263. The molecule has 1 aliphatic rings. The molecule has 2 heterocycles. The normalized spacial score (nSPS) is 14.5. The van der Waals surface area contributed by atoms with E-state index in [9.17, 15) is 4.79 Å². The SMILES string of the molecule is CCOc1cc([C@H]2C(C(=O)Nc3ccc(Cl)cc3)=C(C)Nc3ncnn32)ccc1OCc1ccccc1. The summed E-state index contributed by atoms with van der Waals surface area (Å²) in [7, 11) is 0. The molecule has 3 aromatic carbocycles. The molecular weight excluding hydrogens is 490 g/mol. The average molecular weight is 516 g/mol. The Kier molecular flexibility index (Phi) is 7.09. The number of benzene rings is 3. The van der Waals surface area contributed by atoms with Crippen LogP contribution >= 0.6 is 11.6 Å². The van der Waals surface area contributed by atoms with Crippen molar-refractivity contribution in [1.29, 1.82) is 0 Å². The van der Waals surface area contributed by atoms with Gasteiger partial charge in [-0.2, -0.15) is 10.1 Å². The van der Waals surface area contributed by atoms with E-state index in [1.54, 1.807) is 28.9 Å². The van der Waals surface area contributed by atoms with E-state index in [-0.39, 0.29) is 5.91 Å². The van der Waals surface area contributed by atoms with Crippen molar-refractivity contribution in [3.8, 4) is 11.5 Å². The van der Waals surface area contributed by atoms with Gasteiger partial charge in [-0.25, -0.2) is 4.68 Å². The average Bonchev–Trinajstić information content (AvgIpc) is 3.37. The summed E-state index contributed by atoms with van der Waals surface area (Å²) in [5.41, 5.74) is 3.69. The number of fused-ring (bicyclic) bond motifs is 1. The molecule has 9 heteroatoms. The van der Waals surface area contributed by atoms with Gasteiger partial charge in [0.25, 0.3) is 5.91 Å². The Hall–Kier alpha value is -4.30. The Balaban J connectivity index is 1.49. The second kappa shape index (κ2) is 10.8. The van der Waals surface area contributed by atoms with Crippen LogP contribution in [0.5, 0.6) is 11.5 Å². The highest BCUT2D eigenvalue weighted by Crippen LogP contribution is 2.39. The minimum Gasteiger partial charge on any atom is -0.490 e. The number of hydrogen-bond acceptors (Lipinski definition) is 6. The Morgan fingerprint density at radius 1 is 1.05 bits per heavy atom. The number of carbonyl (C=O) groups is 1. The second-order valence-electron chi connectivity index (χ2n) is 8.47. The Labute approximate surface area is 219 Å². The van der Waals surface area contributed by atoms with Crippen molar-refractivity contribution in [1.82, 2.24) is 14.8 Å². The number of amides is 1. The molecule has 2 N–H and O–H groups in total. The van der Waals surface area contributed by atoms with Gasteiger partial charge in [-0.15, -0.1) is 0 Å². The number of nitrogens with one attached hydrogen (secondary N) is 2. The molecule has 8 nitrogen and oxygen atoms in total. The lowest BCUT2D eigenvalue weighted by Crippen LogP contribution is -2.31. The zero-order valence-electron chi connectivity index (χ0n) is 20.4. The predicted molar refractivity (Wildman–Crippen MR) is 143 cm³/mol. The largest absolute Gasteiger partial charge is 0.490 e. The fraction of sp³-hybridized carbons (Fsp3) is 0.179. The highest BCUT2D eigenvalue weighted by atomic mass is 35.5. The van der Waals surface area contributed by atoms with Crippen molar-refractivity contribution in [3.63, 3.8) is 0 Å². The molecular formula is C28H26ClN5O3. The number of ether oxygens (including phenoxy) is 2. The van der Waals surface area contributed by atoms with Gasteiger partial charge in [0.1, 0.15) is 19.0 Å². The first-order valence-electron chi connectivity index (χ1n) is 11.9. The predicted octanol–water partition coefficient (Wildman–Crippen LogP) is 5.84. The number of rotatable bonds is 8. The third kappa shape index (κ3) is 5.29. The van der Waals surface area contributed by atoms with E-state index in [1.807, 2.05) is 62.4 Å². The molecule has 0 unspecified atom stereocenters. The summed E-state index contributed by atoms with van der Waals surface area (Å²) in [6, 6.07) is 22.1. The molecule has 1 amide bonds. The van der Waals surface area contributed by atoms with Crippen LogP contribution in [-0.2, 0) is 11.4 Å². The van der Waals surface area contributed by atoms with Gasteiger partial charge in [-0.05, 0) is 61.4 Å². The molecule has 1 aromatic heterocycles. The van der Waals surface area contributed by atoms with E-state index in [0.29, 0.717) is 52.6 Å². The Morgan fingerprint density at radius 2 is 1.84 bits per heavy atom. The van der Waals surface area contributed by atoms with Crippen LogP contribution in [0.15, 0.2) is 90.4 Å². The van der Waals surface area contributed by atoms with Gasteiger partial charge >= 0.3 is 0 Å². The smallest absolute Gasteiger partial charge is 0.255 e. The molecule has 1 atom stereocenters. The van der Waals surface area contributed by atoms with Gasteiger partial charge in [-0.1, -0.05) is 48.0 Å². The maximum absolute atomic E-state index is 13.6. The molecule has 0 spiro atoms. The standard InChI is InChI=1S/C28H26ClN5O3/c1-3-36-24-15-20(9-14-23(24)37-16-19-7-5-4-6-8-19)26-25(18(2)32-28-30-17-31-34(26)28)27(35)33-22-12-10-21(29)11-13-22/h4-15,17,26H,3,16H2,1-2H3,(H,33,35)(H,30,31,32)/t26-/m0/s1. The van der Waals surface area contributed by atoms with Crippen molar-refractivity contribution >= 4 is 29.1 Å². The number of allylic oxidation sites excluding steroid dienone is 1. The monoisotopic (exact) mass is 515 g/mol. The Morgan fingerprint density at radius 3 is 2.59 bits per heavy atom. The number of halogens is 1. The van der Waals surface area contributed by atoms with Crippen molar-refractivity contribution in [3.05, 3.63) is 107 Å². The van der Waals surface area contributed by atoms with Gasteiger partial charge in [-0.3, -0.25) is 4.79 Å². The summed E-state index contributed by atoms with van der Waals surface area (Å²) in [5.74, 6) is 1.50. The number of carbonyl (C=O) groups excluding carboxylic acids is 1.